The summed E-state index contributed by atoms with van der Waals surface area (Å²) in [4.78, 5) is 16.4. The maximum Gasteiger partial charge on any atom is 0.422 e. The zero-order valence-corrected chi connectivity index (χ0v) is 16.0. The minimum atomic E-state index is -4.38. The topological polar surface area (TPSA) is 32.8 Å². The fourth-order valence-corrected chi connectivity index (χ4v) is 3.17. The molecule has 1 heterocycles. The molecule has 0 saturated carbocycles. The van der Waals surface area contributed by atoms with Crippen LogP contribution >= 0.6 is 0 Å². The molecule has 1 aliphatic heterocycles. The van der Waals surface area contributed by atoms with Crippen LogP contribution in [-0.4, -0.2) is 54.7 Å². The lowest BCUT2D eigenvalue weighted by molar-refractivity contribution is -0.153. The van der Waals surface area contributed by atoms with Gasteiger partial charge in [0.2, 0.25) is 0 Å². The van der Waals surface area contributed by atoms with E-state index in [1.165, 1.54) is 12.1 Å². The number of benzene rings is 2. The van der Waals surface area contributed by atoms with E-state index in [1.807, 2.05) is 6.07 Å². The van der Waals surface area contributed by atoms with Gasteiger partial charge in [-0.15, -0.1) is 0 Å². The Bertz CT molecular complexity index is 862. The maximum atomic E-state index is 13.7. The molecule has 0 N–H and O–H groups in total. The van der Waals surface area contributed by atoms with E-state index in [1.54, 1.807) is 36.1 Å². The average molecular weight is 410 g/mol. The lowest BCUT2D eigenvalue weighted by Gasteiger charge is -2.34. The number of rotatable bonds is 5. The summed E-state index contributed by atoms with van der Waals surface area (Å²) >= 11 is 0. The van der Waals surface area contributed by atoms with Crippen molar-refractivity contribution in [2.45, 2.75) is 19.6 Å². The first-order valence-corrected chi connectivity index (χ1v) is 9.27. The van der Waals surface area contributed by atoms with Crippen molar-refractivity contribution in [1.82, 2.24) is 9.80 Å². The molecule has 29 heavy (non-hydrogen) atoms. The minimum Gasteiger partial charge on any atom is -0.484 e. The Morgan fingerprint density at radius 1 is 1.07 bits per heavy atom. The summed E-state index contributed by atoms with van der Waals surface area (Å²) in [6, 6.07) is 11.0. The summed E-state index contributed by atoms with van der Waals surface area (Å²) in [5, 5.41) is 0. The van der Waals surface area contributed by atoms with Crippen LogP contribution in [0.3, 0.4) is 0 Å². The Hall–Kier alpha value is -2.61. The fourth-order valence-electron chi connectivity index (χ4n) is 3.17. The quantitative estimate of drug-likeness (QED) is 0.698. The zero-order chi connectivity index (χ0) is 21.0. The van der Waals surface area contributed by atoms with E-state index in [9.17, 15) is 22.4 Å². The molecule has 0 unspecified atom stereocenters. The first-order chi connectivity index (χ1) is 13.7. The largest absolute Gasteiger partial charge is 0.484 e. The van der Waals surface area contributed by atoms with E-state index in [-0.39, 0.29) is 11.7 Å². The first-order valence-electron chi connectivity index (χ1n) is 9.27. The summed E-state index contributed by atoms with van der Waals surface area (Å²) < 4.78 is 55.4. The molecule has 4 nitrogen and oxygen atoms in total. The third kappa shape index (κ3) is 5.93. The van der Waals surface area contributed by atoms with Gasteiger partial charge in [0, 0.05) is 38.3 Å². The highest BCUT2D eigenvalue weighted by molar-refractivity contribution is 5.94. The summed E-state index contributed by atoms with van der Waals surface area (Å²) in [5.74, 6) is -0.428. The maximum absolute atomic E-state index is 13.7. The molecule has 2 aromatic rings. The molecule has 3 rings (SSSR count). The predicted octanol–water partition coefficient (Wildman–Crippen LogP) is 4.03. The van der Waals surface area contributed by atoms with Gasteiger partial charge in [-0.1, -0.05) is 18.2 Å². The summed E-state index contributed by atoms with van der Waals surface area (Å²) in [6.45, 7) is 3.10. The molecule has 0 radical (unpaired) electrons. The number of hydrogen-bond acceptors (Lipinski definition) is 3. The zero-order valence-electron chi connectivity index (χ0n) is 16.0. The van der Waals surface area contributed by atoms with Gasteiger partial charge in [-0.3, -0.25) is 9.69 Å². The molecular formula is C21H22F4N2O2. The van der Waals surface area contributed by atoms with Crippen molar-refractivity contribution >= 4 is 5.91 Å². The Morgan fingerprint density at radius 2 is 1.79 bits per heavy atom. The number of carbonyl (C=O) groups is 1. The highest BCUT2D eigenvalue weighted by atomic mass is 19.4. The number of ether oxygens (including phenoxy) is 1. The molecule has 0 spiro atoms. The SMILES string of the molecule is Cc1ccc(C(=O)N2CCN(Cc3cccc(OCC(F)(F)F)c3)CC2)cc1F. The standard InChI is InChI=1S/C21H22F4N2O2/c1-15-5-6-17(12-19(15)22)20(28)27-9-7-26(8-10-27)13-16-3-2-4-18(11-16)29-14-21(23,24)25/h2-6,11-12H,7-10,13-14H2,1H3. The average Bonchev–Trinajstić information content (AvgIpc) is 2.68. The van der Waals surface area contributed by atoms with Crippen molar-refractivity contribution in [2.24, 2.45) is 0 Å². The predicted molar refractivity (Wildman–Crippen MR) is 100 cm³/mol. The van der Waals surface area contributed by atoms with Crippen LogP contribution in [0.15, 0.2) is 42.5 Å². The van der Waals surface area contributed by atoms with Crippen LogP contribution in [0.25, 0.3) is 0 Å². The Kier molecular flexibility index (Phi) is 6.42. The van der Waals surface area contributed by atoms with Crippen LogP contribution in [0.1, 0.15) is 21.5 Å². The van der Waals surface area contributed by atoms with Gasteiger partial charge in [-0.05, 0) is 42.3 Å². The third-order valence-corrected chi connectivity index (χ3v) is 4.79. The van der Waals surface area contributed by atoms with Crippen LogP contribution < -0.4 is 4.74 Å². The first kappa shape index (κ1) is 21.1. The molecule has 1 fully saturated rings. The second-order valence-electron chi connectivity index (χ2n) is 7.08. The molecule has 1 aliphatic rings. The molecule has 0 aromatic heterocycles. The number of carbonyl (C=O) groups excluding carboxylic acids is 1. The minimum absolute atomic E-state index is 0.176. The second kappa shape index (κ2) is 8.82. The van der Waals surface area contributed by atoms with E-state index in [2.05, 4.69) is 4.90 Å². The molecular weight excluding hydrogens is 388 g/mol. The summed E-state index contributed by atoms with van der Waals surface area (Å²) in [6.07, 6.45) is -4.38. The third-order valence-electron chi connectivity index (χ3n) is 4.79. The molecule has 0 aliphatic carbocycles. The fraction of sp³-hybridized carbons (Fsp3) is 0.381. The molecule has 1 amide bonds. The Balaban J connectivity index is 1.53. The van der Waals surface area contributed by atoms with Crippen molar-refractivity contribution < 1.29 is 27.1 Å². The number of piperazine rings is 1. The molecule has 156 valence electrons. The smallest absolute Gasteiger partial charge is 0.422 e. The van der Waals surface area contributed by atoms with Gasteiger partial charge >= 0.3 is 6.18 Å². The summed E-state index contributed by atoms with van der Waals surface area (Å²) in [7, 11) is 0. The highest BCUT2D eigenvalue weighted by Crippen LogP contribution is 2.21. The molecule has 0 bridgehead atoms. The van der Waals surface area contributed by atoms with E-state index < -0.39 is 18.6 Å². The van der Waals surface area contributed by atoms with Gasteiger partial charge in [-0.25, -0.2) is 4.39 Å². The number of nitrogens with zero attached hydrogens (tertiary/aromatic N) is 2. The van der Waals surface area contributed by atoms with Crippen LogP contribution in [0.4, 0.5) is 17.6 Å². The summed E-state index contributed by atoms with van der Waals surface area (Å²) in [5.41, 5.74) is 1.66. The van der Waals surface area contributed by atoms with E-state index in [4.69, 9.17) is 4.74 Å². The van der Waals surface area contributed by atoms with Gasteiger partial charge < -0.3 is 9.64 Å². The molecule has 2 aromatic carbocycles. The van der Waals surface area contributed by atoms with Crippen LogP contribution in [-0.2, 0) is 6.54 Å². The van der Waals surface area contributed by atoms with Crippen LogP contribution in [0.2, 0.25) is 0 Å². The molecule has 8 heteroatoms. The van der Waals surface area contributed by atoms with Gasteiger partial charge in [0.25, 0.3) is 5.91 Å². The van der Waals surface area contributed by atoms with E-state index in [0.717, 1.165) is 5.56 Å². The number of amides is 1. The number of hydrogen-bond donors (Lipinski definition) is 0. The van der Waals surface area contributed by atoms with Crippen molar-refractivity contribution in [3.63, 3.8) is 0 Å². The number of alkyl halides is 3. The molecule has 1 saturated heterocycles. The van der Waals surface area contributed by atoms with Crippen molar-refractivity contribution in [2.75, 3.05) is 32.8 Å². The molecule has 0 atom stereocenters. The van der Waals surface area contributed by atoms with E-state index >= 15 is 0 Å². The number of aryl methyl sites for hydroxylation is 1. The van der Waals surface area contributed by atoms with Gasteiger partial charge in [0.1, 0.15) is 11.6 Å². The van der Waals surface area contributed by atoms with Crippen molar-refractivity contribution in [3.05, 3.63) is 65.0 Å². The monoisotopic (exact) mass is 410 g/mol. The van der Waals surface area contributed by atoms with Crippen LogP contribution in [0.5, 0.6) is 5.75 Å². The lowest BCUT2D eigenvalue weighted by Crippen LogP contribution is -2.48. The van der Waals surface area contributed by atoms with Gasteiger partial charge in [0.15, 0.2) is 6.61 Å². The normalized spacial score (nSPS) is 15.4. The lowest BCUT2D eigenvalue weighted by atomic mass is 10.1. The van der Waals surface area contributed by atoms with Crippen LogP contribution in [0, 0.1) is 12.7 Å². The Morgan fingerprint density at radius 3 is 2.45 bits per heavy atom. The van der Waals surface area contributed by atoms with Gasteiger partial charge in [-0.2, -0.15) is 13.2 Å². The Labute approximate surface area is 166 Å². The second-order valence-corrected chi connectivity index (χ2v) is 7.08. The number of halogens is 4. The van der Waals surface area contributed by atoms with Crippen molar-refractivity contribution in [1.29, 1.82) is 0 Å². The highest BCUT2D eigenvalue weighted by Gasteiger charge is 2.28. The van der Waals surface area contributed by atoms with Crippen molar-refractivity contribution in [3.8, 4) is 5.75 Å². The van der Waals surface area contributed by atoms with Gasteiger partial charge in [0.05, 0.1) is 0 Å². The van der Waals surface area contributed by atoms with E-state index in [0.29, 0.717) is 43.9 Å².